The van der Waals surface area contributed by atoms with Gasteiger partial charge in [-0.2, -0.15) is 0 Å². The van der Waals surface area contributed by atoms with E-state index >= 15 is 0 Å². The van der Waals surface area contributed by atoms with E-state index in [1.54, 1.807) is 0 Å². The highest BCUT2D eigenvalue weighted by atomic mass is 79.9. The summed E-state index contributed by atoms with van der Waals surface area (Å²) in [5.74, 6) is 0.970. The first-order valence-corrected chi connectivity index (χ1v) is 9.08. The Balaban J connectivity index is 1.67. The molecule has 3 rings (SSSR count). The van der Waals surface area contributed by atoms with Crippen LogP contribution < -0.4 is 10.1 Å². The summed E-state index contributed by atoms with van der Waals surface area (Å²) < 4.78 is 7.12. The molecule has 21 heavy (non-hydrogen) atoms. The van der Waals surface area contributed by atoms with Crippen molar-refractivity contribution in [2.75, 3.05) is 0 Å². The Labute approximate surface area is 138 Å². The fourth-order valence-corrected chi connectivity index (χ4v) is 3.62. The molecule has 1 heterocycles. The van der Waals surface area contributed by atoms with Gasteiger partial charge in [-0.1, -0.05) is 19.1 Å². The standard InChI is InChI=1S/C17H20BrNOS/c1-2-14-8-9-15(21-14)11-20-17-12(4-3-5-16(17)18)10-19-13-6-7-13/h3-5,8-9,13,19H,2,6-7,10-11H2,1H3. The third-order valence-electron chi connectivity index (χ3n) is 3.63. The Morgan fingerprint density at radius 1 is 1.24 bits per heavy atom. The fraction of sp³-hybridized carbons (Fsp3) is 0.412. The molecule has 1 fully saturated rings. The smallest absolute Gasteiger partial charge is 0.138 e. The molecule has 1 saturated carbocycles. The van der Waals surface area contributed by atoms with E-state index in [9.17, 15) is 0 Å². The third kappa shape index (κ3) is 4.09. The van der Waals surface area contributed by atoms with Gasteiger partial charge in [0.25, 0.3) is 0 Å². The van der Waals surface area contributed by atoms with Gasteiger partial charge < -0.3 is 10.1 Å². The summed E-state index contributed by atoms with van der Waals surface area (Å²) >= 11 is 5.45. The number of aryl methyl sites for hydroxylation is 1. The summed E-state index contributed by atoms with van der Waals surface area (Å²) in [4.78, 5) is 2.69. The second-order valence-electron chi connectivity index (χ2n) is 5.39. The van der Waals surface area contributed by atoms with Crippen LogP contribution in [-0.2, 0) is 19.6 Å². The van der Waals surface area contributed by atoms with Gasteiger partial charge in [-0.05, 0) is 53.4 Å². The number of halogens is 1. The van der Waals surface area contributed by atoms with Crippen molar-refractivity contribution in [3.63, 3.8) is 0 Å². The highest BCUT2D eigenvalue weighted by Crippen LogP contribution is 2.31. The third-order valence-corrected chi connectivity index (χ3v) is 5.46. The largest absolute Gasteiger partial charge is 0.487 e. The van der Waals surface area contributed by atoms with Gasteiger partial charge in [0.05, 0.1) is 4.47 Å². The van der Waals surface area contributed by atoms with Crippen LogP contribution in [0.3, 0.4) is 0 Å². The molecule has 0 atom stereocenters. The Morgan fingerprint density at radius 3 is 2.76 bits per heavy atom. The molecule has 0 spiro atoms. The van der Waals surface area contributed by atoms with E-state index in [1.165, 1.54) is 28.2 Å². The lowest BCUT2D eigenvalue weighted by molar-refractivity contribution is 0.303. The van der Waals surface area contributed by atoms with E-state index in [4.69, 9.17) is 4.74 Å². The number of rotatable bonds is 7. The van der Waals surface area contributed by atoms with Crippen LogP contribution in [0.5, 0.6) is 5.75 Å². The topological polar surface area (TPSA) is 21.3 Å². The maximum atomic E-state index is 6.09. The number of nitrogens with one attached hydrogen (secondary N) is 1. The first-order valence-electron chi connectivity index (χ1n) is 7.47. The molecule has 112 valence electrons. The molecule has 2 aromatic rings. The van der Waals surface area contributed by atoms with Crippen molar-refractivity contribution >= 4 is 27.3 Å². The molecule has 2 nitrogen and oxygen atoms in total. The van der Waals surface area contributed by atoms with E-state index in [0.29, 0.717) is 12.6 Å². The minimum Gasteiger partial charge on any atom is -0.487 e. The van der Waals surface area contributed by atoms with Gasteiger partial charge in [0.1, 0.15) is 12.4 Å². The number of benzene rings is 1. The van der Waals surface area contributed by atoms with Gasteiger partial charge in [0.15, 0.2) is 0 Å². The van der Waals surface area contributed by atoms with Crippen molar-refractivity contribution in [3.05, 3.63) is 50.1 Å². The normalized spacial score (nSPS) is 14.4. The monoisotopic (exact) mass is 365 g/mol. The highest BCUT2D eigenvalue weighted by Gasteiger charge is 2.21. The highest BCUT2D eigenvalue weighted by molar-refractivity contribution is 9.10. The zero-order chi connectivity index (χ0) is 14.7. The summed E-state index contributed by atoms with van der Waals surface area (Å²) in [5, 5.41) is 3.55. The zero-order valence-electron chi connectivity index (χ0n) is 12.2. The number of thiophene rings is 1. The van der Waals surface area contributed by atoms with Crippen LogP contribution in [0.4, 0.5) is 0 Å². The second-order valence-corrected chi connectivity index (χ2v) is 7.50. The first-order chi connectivity index (χ1) is 10.3. The van der Waals surface area contributed by atoms with Crippen LogP contribution in [0.1, 0.15) is 35.1 Å². The van der Waals surface area contributed by atoms with E-state index in [0.717, 1.165) is 23.2 Å². The molecular weight excluding hydrogens is 346 g/mol. The lowest BCUT2D eigenvalue weighted by Gasteiger charge is -2.13. The fourth-order valence-electron chi connectivity index (χ4n) is 2.23. The van der Waals surface area contributed by atoms with Crippen molar-refractivity contribution in [2.45, 2.75) is 45.4 Å². The molecule has 1 aromatic carbocycles. The average Bonchev–Trinajstić information content (AvgIpc) is 3.21. The van der Waals surface area contributed by atoms with Gasteiger partial charge in [-0.15, -0.1) is 11.3 Å². The van der Waals surface area contributed by atoms with Crippen molar-refractivity contribution in [2.24, 2.45) is 0 Å². The lowest BCUT2D eigenvalue weighted by atomic mass is 10.2. The number of para-hydroxylation sites is 1. The Bertz CT molecular complexity index is 607. The summed E-state index contributed by atoms with van der Waals surface area (Å²) in [6, 6.07) is 11.3. The average molecular weight is 366 g/mol. The summed E-state index contributed by atoms with van der Waals surface area (Å²) in [6.45, 7) is 3.71. The molecule has 0 unspecified atom stereocenters. The Morgan fingerprint density at radius 2 is 2.05 bits per heavy atom. The predicted octanol–water partition coefficient (Wildman–Crippen LogP) is 4.90. The van der Waals surface area contributed by atoms with Crippen LogP contribution in [0, 0.1) is 0 Å². The van der Waals surface area contributed by atoms with Gasteiger partial charge in [-0.3, -0.25) is 0 Å². The maximum absolute atomic E-state index is 6.09. The quantitative estimate of drug-likeness (QED) is 0.752. The molecule has 0 bridgehead atoms. The molecule has 0 radical (unpaired) electrons. The maximum Gasteiger partial charge on any atom is 0.138 e. The van der Waals surface area contributed by atoms with Gasteiger partial charge >= 0.3 is 0 Å². The van der Waals surface area contributed by atoms with Crippen LogP contribution >= 0.6 is 27.3 Å². The summed E-state index contributed by atoms with van der Waals surface area (Å²) in [6.07, 6.45) is 3.70. The predicted molar refractivity (Wildman–Crippen MR) is 92.0 cm³/mol. The molecule has 1 aromatic heterocycles. The van der Waals surface area contributed by atoms with Crippen molar-refractivity contribution < 1.29 is 4.74 Å². The first kappa shape index (κ1) is 15.1. The molecule has 0 aliphatic heterocycles. The van der Waals surface area contributed by atoms with Crippen LogP contribution in [0.2, 0.25) is 0 Å². The molecule has 0 amide bonds. The zero-order valence-corrected chi connectivity index (χ0v) is 14.6. The minimum absolute atomic E-state index is 0.643. The SMILES string of the molecule is CCc1ccc(COc2c(Br)cccc2CNC2CC2)s1. The second kappa shape index (κ2) is 6.95. The Hall–Kier alpha value is -0.840. The van der Waals surface area contributed by atoms with E-state index < -0.39 is 0 Å². The molecule has 1 aliphatic rings. The number of ether oxygens (including phenoxy) is 1. The summed E-state index contributed by atoms with van der Waals surface area (Å²) in [5.41, 5.74) is 1.23. The van der Waals surface area contributed by atoms with Crippen molar-refractivity contribution in [1.82, 2.24) is 5.32 Å². The van der Waals surface area contributed by atoms with Gasteiger partial charge in [0.2, 0.25) is 0 Å². The van der Waals surface area contributed by atoms with Crippen molar-refractivity contribution in [1.29, 1.82) is 0 Å². The number of hydrogen-bond acceptors (Lipinski definition) is 3. The van der Waals surface area contributed by atoms with Gasteiger partial charge in [-0.25, -0.2) is 0 Å². The van der Waals surface area contributed by atoms with Crippen molar-refractivity contribution in [3.8, 4) is 5.75 Å². The molecule has 0 saturated heterocycles. The minimum atomic E-state index is 0.643. The molecule has 4 heteroatoms. The molecular formula is C17H20BrNOS. The molecule has 1 N–H and O–H groups in total. The van der Waals surface area contributed by atoms with E-state index in [2.05, 4.69) is 52.4 Å². The van der Waals surface area contributed by atoms with E-state index in [-0.39, 0.29) is 0 Å². The van der Waals surface area contributed by atoms with E-state index in [1.807, 2.05) is 17.4 Å². The van der Waals surface area contributed by atoms with Crippen LogP contribution in [0.25, 0.3) is 0 Å². The van der Waals surface area contributed by atoms with Crippen LogP contribution in [0.15, 0.2) is 34.8 Å². The van der Waals surface area contributed by atoms with Crippen LogP contribution in [-0.4, -0.2) is 6.04 Å². The van der Waals surface area contributed by atoms with Gasteiger partial charge in [0, 0.05) is 27.9 Å². The molecule has 1 aliphatic carbocycles. The Kier molecular flexibility index (Phi) is 4.99. The number of hydrogen-bond donors (Lipinski definition) is 1. The lowest BCUT2D eigenvalue weighted by Crippen LogP contribution is -2.16. The summed E-state index contributed by atoms with van der Waals surface area (Å²) in [7, 11) is 0.